The van der Waals surface area contributed by atoms with Crippen molar-refractivity contribution in [2.24, 2.45) is 0 Å². The number of halogens is 1. The SMILES string of the molecule is [2H]c1nc(-n2nc(Br)c([2H])c2[2H])nc([2H])c1[2H]. The molecule has 12 heavy (non-hydrogen) atoms. The molecule has 0 saturated carbocycles. The van der Waals surface area contributed by atoms with E-state index in [1.54, 1.807) is 0 Å². The van der Waals surface area contributed by atoms with Crippen LogP contribution in [0.4, 0.5) is 0 Å². The van der Waals surface area contributed by atoms with Crippen molar-refractivity contribution < 1.29 is 6.85 Å². The summed E-state index contributed by atoms with van der Waals surface area (Å²) in [6.07, 6.45) is -1.09. The van der Waals surface area contributed by atoms with E-state index in [0.29, 0.717) is 0 Å². The minimum atomic E-state index is -0.419. The van der Waals surface area contributed by atoms with Crippen LogP contribution >= 0.6 is 15.9 Å². The largest absolute Gasteiger partial charge is 0.250 e. The molecule has 0 saturated heterocycles. The van der Waals surface area contributed by atoms with Crippen molar-refractivity contribution >= 4 is 15.9 Å². The highest BCUT2D eigenvalue weighted by Crippen LogP contribution is 2.06. The quantitative estimate of drug-likeness (QED) is 0.744. The molecule has 0 aromatic carbocycles. The van der Waals surface area contributed by atoms with Crippen molar-refractivity contribution in [3.05, 3.63) is 35.2 Å². The first-order valence-electron chi connectivity index (χ1n) is 5.45. The smallest absolute Gasteiger partial charge is 0.220 e. The molecule has 0 aliphatic carbocycles. The van der Waals surface area contributed by atoms with Gasteiger partial charge in [-0.3, -0.25) is 0 Å². The van der Waals surface area contributed by atoms with Gasteiger partial charge in [0.1, 0.15) is 4.60 Å². The lowest BCUT2D eigenvalue weighted by atomic mass is 10.7. The van der Waals surface area contributed by atoms with Gasteiger partial charge in [-0.15, -0.1) is 0 Å². The van der Waals surface area contributed by atoms with Crippen molar-refractivity contribution in [2.45, 2.75) is 0 Å². The van der Waals surface area contributed by atoms with Crippen molar-refractivity contribution in [3.63, 3.8) is 0 Å². The van der Waals surface area contributed by atoms with Gasteiger partial charge in [0.2, 0.25) is 5.95 Å². The lowest BCUT2D eigenvalue weighted by molar-refractivity contribution is 0.801. The fourth-order valence-corrected chi connectivity index (χ4v) is 0.879. The zero-order valence-electron chi connectivity index (χ0n) is 10.7. The Morgan fingerprint density at radius 3 is 2.75 bits per heavy atom. The highest BCUT2D eigenvalue weighted by atomic mass is 79.9. The summed E-state index contributed by atoms with van der Waals surface area (Å²) in [6.45, 7) is 0. The Balaban J connectivity index is 2.65. The van der Waals surface area contributed by atoms with E-state index in [1.807, 2.05) is 0 Å². The Bertz CT molecular complexity index is 575. The standard InChI is InChI=1S/C7H5BrN4/c8-6-2-5-12(11-6)7-9-3-1-4-10-7/h1-5H/i1D,2D,3D,4D,5D. The molecule has 2 aromatic heterocycles. The monoisotopic (exact) mass is 229 g/mol. The molecule has 0 atom stereocenters. The molecular formula is C7H5BrN4. The van der Waals surface area contributed by atoms with E-state index in [0.717, 1.165) is 4.68 Å². The van der Waals surface area contributed by atoms with E-state index in [4.69, 9.17) is 6.85 Å². The lowest BCUT2D eigenvalue weighted by Crippen LogP contribution is -1.99. The van der Waals surface area contributed by atoms with Crippen LogP contribution in [0.3, 0.4) is 0 Å². The van der Waals surface area contributed by atoms with E-state index in [9.17, 15) is 0 Å². The Hall–Kier alpha value is -1.23. The molecule has 0 radical (unpaired) electrons. The molecule has 0 amide bonds. The zero-order valence-corrected chi connectivity index (χ0v) is 7.25. The van der Waals surface area contributed by atoms with Crippen molar-refractivity contribution in [1.82, 2.24) is 19.7 Å². The molecular weight excluding hydrogens is 220 g/mol. The van der Waals surface area contributed by atoms with Gasteiger partial charge >= 0.3 is 0 Å². The second-order valence-electron chi connectivity index (χ2n) is 1.81. The molecule has 0 aliphatic rings. The first-order chi connectivity index (χ1) is 7.91. The van der Waals surface area contributed by atoms with Crippen molar-refractivity contribution in [1.29, 1.82) is 0 Å². The summed E-state index contributed by atoms with van der Waals surface area (Å²) in [5.74, 6) is -0.166. The van der Waals surface area contributed by atoms with E-state index >= 15 is 0 Å². The Morgan fingerprint density at radius 1 is 1.42 bits per heavy atom. The average molecular weight is 230 g/mol. The van der Waals surface area contributed by atoms with Crippen LogP contribution in [0.2, 0.25) is 0 Å². The second-order valence-corrected chi connectivity index (χ2v) is 2.56. The summed E-state index contributed by atoms with van der Waals surface area (Å²) in [5.41, 5.74) is 0. The topological polar surface area (TPSA) is 43.6 Å². The molecule has 0 unspecified atom stereocenters. The number of aromatic nitrogens is 4. The van der Waals surface area contributed by atoms with Crippen LogP contribution in [0.15, 0.2) is 35.2 Å². The van der Waals surface area contributed by atoms with Crippen LogP contribution < -0.4 is 0 Å². The van der Waals surface area contributed by atoms with Gasteiger partial charge in [-0.05, 0) is 28.0 Å². The molecule has 0 bridgehead atoms. The molecule has 60 valence electrons. The molecule has 2 rings (SSSR count). The summed E-state index contributed by atoms with van der Waals surface area (Å²) in [7, 11) is 0. The zero-order chi connectivity index (χ0) is 12.7. The average Bonchev–Trinajstić information content (AvgIpc) is 2.53. The molecule has 0 fully saturated rings. The van der Waals surface area contributed by atoms with Gasteiger partial charge in [0, 0.05) is 18.5 Å². The van der Waals surface area contributed by atoms with Crippen LogP contribution in [0.25, 0.3) is 5.95 Å². The highest BCUT2D eigenvalue weighted by Gasteiger charge is 1.98. The summed E-state index contributed by atoms with van der Waals surface area (Å²) < 4.78 is 38.1. The van der Waals surface area contributed by atoms with E-state index in [1.165, 1.54) is 0 Å². The van der Waals surface area contributed by atoms with Crippen molar-refractivity contribution in [2.75, 3.05) is 0 Å². The van der Waals surface area contributed by atoms with E-state index < -0.39 is 18.4 Å². The van der Waals surface area contributed by atoms with Crippen LogP contribution in [-0.4, -0.2) is 19.7 Å². The summed E-state index contributed by atoms with van der Waals surface area (Å²) in [4.78, 5) is 7.29. The number of hydrogen-bond donors (Lipinski definition) is 0. The molecule has 0 N–H and O–H groups in total. The summed E-state index contributed by atoms with van der Waals surface area (Å²) >= 11 is 2.99. The second kappa shape index (κ2) is 3.02. The van der Waals surface area contributed by atoms with Gasteiger partial charge in [-0.2, -0.15) is 5.10 Å². The predicted molar refractivity (Wildman–Crippen MR) is 46.9 cm³/mol. The molecule has 5 heteroatoms. The minimum Gasteiger partial charge on any atom is -0.220 e. The number of rotatable bonds is 1. The van der Waals surface area contributed by atoms with Gasteiger partial charge in [0.25, 0.3) is 0 Å². The fraction of sp³-hybridized carbons (Fsp3) is 0. The van der Waals surface area contributed by atoms with Gasteiger partial charge in [0.15, 0.2) is 0 Å². The number of nitrogens with zero attached hydrogens (tertiary/aromatic N) is 4. The highest BCUT2D eigenvalue weighted by molar-refractivity contribution is 9.10. The maximum absolute atomic E-state index is 7.58. The van der Waals surface area contributed by atoms with Crippen LogP contribution in [-0.2, 0) is 0 Å². The van der Waals surface area contributed by atoms with E-state index in [2.05, 4.69) is 31.0 Å². The van der Waals surface area contributed by atoms with Crippen LogP contribution in [0.5, 0.6) is 0 Å². The van der Waals surface area contributed by atoms with Gasteiger partial charge in [-0.25, -0.2) is 14.6 Å². The van der Waals surface area contributed by atoms with Gasteiger partial charge in [0.05, 0.1) is 6.85 Å². The third-order valence-electron chi connectivity index (χ3n) is 1.07. The maximum Gasteiger partial charge on any atom is 0.250 e. The first kappa shape index (κ1) is 3.66. The summed E-state index contributed by atoms with van der Waals surface area (Å²) in [5, 5.41) is 3.80. The van der Waals surface area contributed by atoms with Crippen LogP contribution in [0, 0.1) is 0 Å². The lowest BCUT2D eigenvalue weighted by Gasteiger charge is -1.95. The van der Waals surface area contributed by atoms with Gasteiger partial charge in [-0.1, -0.05) is 0 Å². The van der Waals surface area contributed by atoms with Gasteiger partial charge < -0.3 is 0 Å². The van der Waals surface area contributed by atoms with E-state index in [-0.39, 0.29) is 22.8 Å². The Kier molecular flexibility index (Phi) is 0.920. The number of hydrogen-bond acceptors (Lipinski definition) is 3. The minimum absolute atomic E-state index is 0.137. The fourth-order valence-electron chi connectivity index (χ4n) is 0.632. The Morgan fingerprint density at radius 2 is 2.17 bits per heavy atom. The molecule has 0 spiro atoms. The third kappa shape index (κ3) is 1.35. The summed E-state index contributed by atoms with van der Waals surface area (Å²) in [6, 6.07) is -0.529. The molecule has 4 nitrogen and oxygen atoms in total. The molecule has 0 aliphatic heterocycles. The van der Waals surface area contributed by atoms with Crippen molar-refractivity contribution in [3.8, 4) is 5.95 Å². The predicted octanol–water partition coefficient (Wildman–Crippen LogP) is 1.42. The third-order valence-corrected chi connectivity index (χ3v) is 1.42. The maximum atomic E-state index is 7.58. The normalized spacial score (nSPS) is 15.9. The molecule has 2 heterocycles. The first-order valence-corrected chi connectivity index (χ1v) is 3.75. The molecule has 2 aromatic rings. The van der Waals surface area contributed by atoms with Crippen LogP contribution in [0.1, 0.15) is 6.85 Å². The Labute approximate surface area is 84.4 Å².